The predicted octanol–water partition coefficient (Wildman–Crippen LogP) is 12.1. The molecule has 0 aromatic heterocycles. The van der Waals surface area contributed by atoms with Gasteiger partial charge in [-0.05, 0) is 43.4 Å². The Morgan fingerprint density at radius 1 is 0.583 bits per heavy atom. The first-order valence-corrected chi connectivity index (χ1v) is 18.9. The van der Waals surface area contributed by atoms with Gasteiger partial charge in [0.05, 0.1) is 18.8 Å². The van der Waals surface area contributed by atoms with Crippen molar-refractivity contribution < 1.29 is 34.4 Å². The van der Waals surface area contributed by atoms with Crippen molar-refractivity contribution in [1.82, 2.24) is 0 Å². The van der Waals surface area contributed by atoms with Gasteiger partial charge in [0.1, 0.15) is 0 Å². The molecule has 0 heterocycles. The first-order valence-electron chi connectivity index (χ1n) is 18.9. The maximum absolute atomic E-state index is 12.1. The molecular weight excluding hydrogens is 610 g/mol. The summed E-state index contributed by atoms with van der Waals surface area (Å²) in [6.45, 7) is 7.29. The van der Waals surface area contributed by atoms with E-state index in [0.29, 0.717) is 36.3 Å². The molecule has 1 aromatic rings. The Morgan fingerprint density at radius 2 is 0.958 bits per heavy atom. The summed E-state index contributed by atoms with van der Waals surface area (Å²) < 4.78 is 11.8. The summed E-state index contributed by atoms with van der Waals surface area (Å²) in [5.74, 6) is -1.64. The molecule has 2 N–H and O–H groups in total. The fraction of sp³-hybridized carbons (Fsp3) is 0.718. The second-order valence-electron chi connectivity index (χ2n) is 12.8. The van der Waals surface area contributed by atoms with Crippen LogP contribution in [0.15, 0.2) is 41.7 Å². The van der Waals surface area contributed by atoms with Gasteiger partial charge in [0, 0.05) is 11.1 Å². The number of carbonyl (C=O) groups is 1. The highest BCUT2D eigenvalue weighted by atomic mass is 17.0. The van der Waals surface area contributed by atoms with E-state index < -0.39 is 11.1 Å². The summed E-state index contributed by atoms with van der Waals surface area (Å²) >= 11 is 0. The maximum Gasteiger partial charge on any atom is 0.334 e. The molecule has 48 heavy (non-hydrogen) atoms. The first kappa shape index (κ1) is 42.8. The smallest absolute Gasteiger partial charge is 0.334 e. The van der Waals surface area contributed by atoms with Crippen LogP contribution in [-0.4, -0.2) is 34.5 Å². The van der Waals surface area contributed by atoms with E-state index >= 15 is 0 Å². The molecule has 0 unspecified atom stereocenters. The second kappa shape index (κ2) is 28.8. The standard InChI is InChI=1S/C39H65NO8/c1-4-7-10-13-16-18-21-24-31-46-38(42)35(26-23-20-15-12-9-6-3)36(33-27-29-34(30-28-33)37(41)48-40(44)45)39(43)47-32-25-22-19-17-14-11-8-5-2/h27-30,42-43H,4-26,31-32H2,1-3H3. The number of unbranched alkanes of at least 4 members (excludes halogenated alkanes) is 19. The van der Waals surface area contributed by atoms with Crippen molar-refractivity contribution in [3.63, 3.8) is 0 Å². The van der Waals surface area contributed by atoms with Gasteiger partial charge < -0.3 is 19.7 Å². The van der Waals surface area contributed by atoms with Crippen LogP contribution in [0.25, 0.3) is 5.57 Å². The second-order valence-corrected chi connectivity index (χ2v) is 12.8. The molecule has 0 atom stereocenters. The fourth-order valence-electron chi connectivity index (χ4n) is 5.71. The number of hydrogen-bond acceptors (Lipinski definition) is 8. The molecule has 0 bridgehead atoms. The lowest BCUT2D eigenvalue weighted by Crippen LogP contribution is -2.11. The topological polar surface area (TPSA) is 128 Å². The molecule has 0 saturated carbocycles. The molecule has 0 spiro atoms. The maximum atomic E-state index is 12.1. The monoisotopic (exact) mass is 675 g/mol. The molecule has 0 aliphatic rings. The van der Waals surface area contributed by atoms with Gasteiger partial charge in [-0.15, -0.1) is 10.1 Å². The Labute approximate surface area is 290 Å². The Kier molecular flexibility index (Phi) is 25.6. The summed E-state index contributed by atoms with van der Waals surface area (Å²) in [7, 11) is 0. The number of rotatable bonds is 31. The van der Waals surface area contributed by atoms with Crippen LogP contribution in [0.4, 0.5) is 0 Å². The molecule has 274 valence electrons. The van der Waals surface area contributed by atoms with Crippen molar-refractivity contribution in [2.75, 3.05) is 13.2 Å². The highest BCUT2D eigenvalue weighted by molar-refractivity contribution is 5.90. The quantitative estimate of drug-likeness (QED) is 0.0261. The number of ether oxygens (including phenoxy) is 2. The van der Waals surface area contributed by atoms with Crippen LogP contribution in [0.2, 0.25) is 0 Å². The third kappa shape index (κ3) is 20.2. The van der Waals surface area contributed by atoms with Crippen molar-refractivity contribution in [2.45, 2.75) is 168 Å². The number of nitrogens with zero attached hydrogens (tertiary/aromatic N) is 1. The van der Waals surface area contributed by atoms with E-state index in [1.54, 1.807) is 12.1 Å². The van der Waals surface area contributed by atoms with E-state index in [0.717, 1.165) is 70.6 Å². The Morgan fingerprint density at radius 3 is 1.40 bits per heavy atom. The molecular formula is C39H65NO8. The van der Waals surface area contributed by atoms with Crippen LogP contribution in [0.3, 0.4) is 0 Å². The zero-order valence-corrected chi connectivity index (χ0v) is 30.3. The van der Waals surface area contributed by atoms with Gasteiger partial charge in [0.15, 0.2) is 0 Å². The van der Waals surface area contributed by atoms with Gasteiger partial charge in [-0.25, -0.2) is 4.84 Å². The number of allylic oxidation sites excluding steroid dienone is 2. The molecule has 0 fully saturated rings. The zero-order valence-electron chi connectivity index (χ0n) is 30.3. The van der Waals surface area contributed by atoms with E-state index in [9.17, 15) is 25.1 Å². The Balaban J connectivity index is 3.16. The fourth-order valence-corrected chi connectivity index (χ4v) is 5.71. The Bertz CT molecular complexity index is 1050. The lowest BCUT2D eigenvalue weighted by molar-refractivity contribution is -0.727. The lowest BCUT2D eigenvalue weighted by atomic mass is 9.93. The number of carbonyl (C=O) groups excluding carboxylic acids is 1. The number of aliphatic hydroxyl groups excluding tert-OH is 2. The molecule has 0 saturated heterocycles. The van der Waals surface area contributed by atoms with E-state index in [4.69, 9.17) is 9.47 Å². The van der Waals surface area contributed by atoms with Crippen LogP contribution in [0.1, 0.15) is 184 Å². The third-order valence-corrected chi connectivity index (χ3v) is 8.59. The molecule has 0 aliphatic carbocycles. The minimum atomic E-state index is -1.14. The van der Waals surface area contributed by atoms with Gasteiger partial charge in [0.2, 0.25) is 0 Å². The summed E-state index contributed by atoms with van der Waals surface area (Å²) in [6, 6.07) is 5.92. The van der Waals surface area contributed by atoms with Gasteiger partial charge in [-0.2, -0.15) is 0 Å². The van der Waals surface area contributed by atoms with Crippen molar-refractivity contribution in [3.8, 4) is 0 Å². The normalized spacial score (nSPS) is 12.3. The van der Waals surface area contributed by atoms with Crippen molar-refractivity contribution in [1.29, 1.82) is 0 Å². The molecule has 0 amide bonds. The van der Waals surface area contributed by atoms with Crippen LogP contribution in [-0.2, 0) is 14.3 Å². The van der Waals surface area contributed by atoms with Gasteiger partial charge in [-0.1, -0.05) is 155 Å². The SMILES string of the molecule is CCCCCCCCCCOC(O)=C(CCCCCCCC)C(=C(O)OCCCCCCCCCC)c1ccc(C(=O)O[N+](=O)[O-])cc1. The van der Waals surface area contributed by atoms with Crippen LogP contribution in [0, 0.1) is 10.1 Å². The van der Waals surface area contributed by atoms with Crippen molar-refractivity contribution >= 4 is 11.5 Å². The van der Waals surface area contributed by atoms with Crippen LogP contribution < -0.4 is 0 Å². The van der Waals surface area contributed by atoms with E-state index in [2.05, 4.69) is 25.6 Å². The Hall–Kier alpha value is -3.23. The minimum absolute atomic E-state index is 0.00855. The largest absolute Gasteiger partial charge is 0.481 e. The highest BCUT2D eigenvalue weighted by Gasteiger charge is 2.22. The third-order valence-electron chi connectivity index (χ3n) is 8.59. The zero-order chi connectivity index (χ0) is 35.2. The summed E-state index contributed by atoms with van der Waals surface area (Å²) in [4.78, 5) is 26.9. The average Bonchev–Trinajstić information content (AvgIpc) is 3.07. The highest BCUT2D eigenvalue weighted by Crippen LogP contribution is 2.33. The molecule has 0 aliphatic heterocycles. The van der Waals surface area contributed by atoms with E-state index in [-0.39, 0.29) is 17.5 Å². The van der Waals surface area contributed by atoms with Crippen molar-refractivity contribution in [2.24, 2.45) is 0 Å². The predicted molar refractivity (Wildman–Crippen MR) is 193 cm³/mol. The number of benzene rings is 1. The number of hydrogen-bond donors (Lipinski definition) is 2. The van der Waals surface area contributed by atoms with Crippen LogP contribution in [0.5, 0.6) is 0 Å². The summed E-state index contributed by atoms with van der Waals surface area (Å²) in [5, 5.41) is 32.2. The lowest BCUT2D eigenvalue weighted by Gasteiger charge is -2.18. The van der Waals surface area contributed by atoms with Gasteiger partial charge in [-0.3, -0.25) is 4.79 Å². The van der Waals surface area contributed by atoms with Crippen molar-refractivity contribution in [3.05, 3.63) is 63.0 Å². The molecule has 9 heteroatoms. The first-order chi connectivity index (χ1) is 23.3. The molecule has 1 aromatic carbocycles. The van der Waals surface area contributed by atoms with Gasteiger partial charge in [0.25, 0.3) is 11.9 Å². The summed E-state index contributed by atoms with van der Waals surface area (Å²) in [6.07, 6.45) is 25.0. The summed E-state index contributed by atoms with van der Waals surface area (Å²) in [5.41, 5.74) is 1.22. The van der Waals surface area contributed by atoms with E-state index in [1.807, 2.05) is 0 Å². The minimum Gasteiger partial charge on any atom is -0.481 e. The molecule has 9 nitrogen and oxygen atoms in total. The average molecular weight is 676 g/mol. The molecule has 0 radical (unpaired) electrons. The van der Waals surface area contributed by atoms with E-state index in [1.165, 1.54) is 82.8 Å². The number of aliphatic hydroxyl groups is 2. The van der Waals surface area contributed by atoms with Gasteiger partial charge >= 0.3 is 11.1 Å². The molecule has 1 rings (SSSR count). The van der Waals surface area contributed by atoms with Crippen LogP contribution >= 0.6 is 0 Å².